The van der Waals surface area contributed by atoms with E-state index in [1.807, 2.05) is 44.2 Å². The number of rotatable bonds is 8. The minimum Gasteiger partial charge on any atom is -0.481 e. The van der Waals surface area contributed by atoms with Crippen LogP contribution in [0.5, 0.6) is 5.75 Å². The van der Waals surface area contributed by atoms with Crippen LogP contribution < -0.4 is 10.1 Å². The summed E-state index contributed by atoms with van der Waals surface area (Å²) >= 11 is 13.6. The second kappa shape index (κ2) is 10.1. The Morgan fingerprint density at radius 3 is 2.62 bits per heavy atom. The van der Waals surface area contributed by atoms with Crippen LogP contribution in [0.3, 0.4) is 0 Å². The molecule has 0 unspecified atom stereocenters. The fraction of sp³-hybridized carbons (Fsp3) is 0.350. The van der Waals surface area contributed by atoms with Crippen molar-refractivity contribution >= 4 is 40.9 Å². The lowest BCUT2D eigenvalue weighted by molar-refractivity contribution is -0.127. The van der Waals surface area contributed by atoms with Crippen LogP contribution in [0.4, 0.5) is 0 Å². The maximum Gasteiger partial charge on any atom is 0.260 e. The van der Waals surface area contributed by atoms with E-state index in [2.05, 4.69) is 5.32 Å². The highest BCUT2D eigenvalue weighted by atomic mass is 35.5. The first-order valence-electron chi connectivity index (χ1n) is 8.40. The van der Waals surface area contributed by atoms with Crippen molar-refractivity contribution in [2.45, 2.75) is 32.6 Å². The number of nitrogens with one attached hydrogen (secondary N) is 1. The Bertz CT molecular complexity index is 767. The van der Waals surface area contributed by atoms with Gasteiger partial charge in [0.1, 0.15) is 5.75 Å². The van der Waals surface area contributed by atoms with E-state index in [4.69, 9.17) is 27.9 Å². The summed E-state index contributed by atoms with van der Waals surface area (Å²) in [6, 6.07) is 11.6. The number of hydrogen-bond donors (Lipinski definition) is 1. The number of carbonyl (C=O) groups is 1. The van der Waals surface area contributed by atoms with Crippen LogP contribution in [0.2, 0.25) is 10.0 Å². The standard InChI is InChI=1S/C20H23Cl2NO2S/c1-13-4-7-19(14(2)10-13)25-15(3)20(24)23-8-9-26-12-16-5-6-17(21)18(22)11-16/h4-7,10-11,15H,8-9,12H2,1-3H3,(H,23,24)/t15-/m1/s1. The molecule has 0 bridgehead atoms. The molecule has 0 spiro atoms. The zero-order valence-corrected chi connectivity index (χ0v) is 17.5. The molecular weight excluding hydrogens is 389 g/mol. The van der Waals surface area contributed by atoms with E-state index < -0.39 is 6.10 Å². The summed E-state index contributed by atoms with van der Waals surface area (Å²) in [7, 11) is 0. The van der Waals surface area contributed by atoms with Gasteiger partial charge in [-0.15, -0.1) is 0 Å². The molecular formula is C20H23Cl2NO2S. The van der Waals surface area contributed by atoms with Crippen LogP contribution in [-0.2, 0) is 10.5 Å². The monoisotopic (exact) mass is 411 g/mol. The molecule has 2 rings (SSSR count). The molecule has 0 radical (unpaired) electrons. The van der Waals surface area contributed by atoms with E-state index in [0.717, 1.165) is 28.4 Å². The summed E-state index contributed by atoms with van der Waals surface area (Å²) in [5.41, 5.74) is 3.31. The average molecular weight is 412 g/mol. The zero-order valence-electron chi connectivity index (χ0n) is 15.1. The molecule has 0 aliphatic carbocycles. The van der Waals surface area contributed by atoms with Crippen LogP contribution in [0.25, 0.3) is 0 Å². The molecule has 1 N–H and O–H groups in total. The number of halogens is 2. The van der Waals surface area contributed by atoms with Crippen molar-refractivity contribution in [2.24, 2.45) is 0 Å². The van der Waals surface area contributed by atoms with E-state index in [0.29, 0.717) is 16.6 Å². The molecule has 0 saturated heterocycles. The number of ether oxygens (including phenoxy) is 1. The van der Waals surface area contributed by atoms with Gasteiger partial charge in [0.25, 0.3) is 5.91 Å². The Hall–Kier alpha value is -1.36. The normalized spacial score (nSPS) is 11.9. The maximum absolute atomic E-state index is 12.2. The Morgan fingerprint density at radius 1 is 1.15 bits per heavy atom. The highest BCUT2D eigenvalue weighted by Crippen LogP contribution is 2.24. The van der Waals surface area contributed by atoms with Gasteiger partial charge in [0.2, 0.25) is 0 Å². The highest BCUT2D eigenvalue weighted by Gasteiger charge is 2.15. The lowest BCUT2D eigenvalue weighted by Crippen LogP contribution is -2.37. The zero-order chi connectivity index (χ0) is 19.1. The van der Waals surface area contributed by atoms with Gasteiger partial charge in [-0.05, 0) is 50.1 Å². The summed E-state index contributed by atoms with van der Waals surface area (Å²) < 4.78 is 5.77. The predicted molar refractivity (Wildman–Crippen MR) is 112 cm³/mol. The molecule has 6 heteroatoms. The van der Waals surface area contributed by atoms with Crippen LogP contribution in [0.15, 0.2) is 36.4 Å². The smallest absolute Gasteiger partial charge is 0.260 e. The molecule has 0 fully saturated rings. The highest BCUT2D eigenvalue weighted by molar-refractivity contribution is 7.98. The molecule has 0 saturated carbocycles. The molecule has 26 heavy (non-hydrogen) atoms. The lowest BCUT2D eigenvalue weighted by Gasteiger charge is -2.16. The second-order valence-corrected chi connectivity index (χ2v) is 8.04. The Balaban J connectivity index is 1.70. The molecule has 0 aromatic heterocycles. The van der Waals surface area contributed by atoms with Crippen LogP contribution >= 0.6 is 35.0 Å². The van der Waals surface area contributed by atoms with E-state index in [1.165, 1.54) is 5.56 Å². The van der Waals surface area contributed by atoms with Crippen LogP contribution in [0.1, 0.15) is 23.6 Å². The van der Waals surface area contributed by atoms with Gasteiger partial charge < -0.3 is 10.1 Å². The van der Waals surface area contributed by atoms with Gasteiger partial charge in [-0.25, -0.2) is 0 Å². The molecule has 140 valence electrons. The Labute approximate surface area is 169 Å². The summed E-state index contributed by atoms with van der Waals surface area (Å²) in [4.78, 5) is 12.2. The number of thioether (sulfide) groups is 1. The molecule has 1 atom stereocenters. The molecule has 0 aliphatic rings. The summed E-state index contributed by atoms with van der Waals surface area (Å²) in [5, 5.41) is 4.03. The fourth-order valence-electron chi connectivity index (χ4n) is 2.39. The fourth-order valence-corrected chi connectivity index (χ4v) is 3.51. The third-order valence-electron chi connectivity index (χ3n) is 3.80. The summed E-state index contributed by atoms with van der Waals surface area (Å²) in [6.07, 6.45) is -0.531. The molecule has 2 aromatic rings. The van der Waals surface area contributed by atoms with Gasteiger partial charge in [-0.3, -0.25) is 4.79 Å². The lowest BCUT2D eigenvalue weighted by atomic mass is 10.1. The van der Waals surface area contributed by atoms with Crippen molar-refractivity contribution in [3.05, 3.63) is 63.1 Å². The van der Waals surface area contributed by atoms with Gasteiger partial charge in [-0.1, -0.05) is 47.0 Å². The quantitative estimate of drug-likeness (QED) is 0.588. The van der Waals surface area contributed by atoms with Crippen molar-refractivity contribution in [1.29, 1.82) is 0 Å². The number of benzene rings is 2. The molecule has 0 aliphatic heterocycles. The Kier molecular flexibility index (Phi) is 8.14. The first kappa shape index (κ1) is 20.9. The number of amides is 1. The SMILES string of the molecule is Cc1ccc(O[C@H](C)C(=O)NCCSCc2ccc(Cl)c(Cl)c2)c(C)c1. The topological polar surface area (TPSA) is 38.3 Å². The Morgan fingerprint density at radius 2 is 1.92 bits per heavy atom. The van der Waals surface area contributed by atoms with Gasteiger partial charge in [0, 0.05) is 18.1 Å². The van der Waals surface area contributed by atoms with Gasteiger partial charge in [0.15, 0.2) is 6.10 Å². The average Bonchev–Trinajstić information content (AvgIpc) is 2.59. The van der Waals surface area contributed by atoms with Crippen molar-refractivity contribution in [1.82, 2.24) is 5.32 Å². The van der Waals surface area contributed by atoms with E-state index >= 15 is 0 Å². The van der Waals surface area contributed by atoms with Crippen molar-refractivity contribution < 1.29 is 9.53 Å². The van der Waals surface area contributed by atoms with Gasteiger partial charge >= 0.3 is 0 Å². The van der Waals surface area contributed by atoms with E-state index in [-0.39, 0.29) is 5.91 Å². The molecule has 3 nitrogen and oxygen atoms in total. The van der Waals surface area contributed by atoms with Crippen molar-refractivity contribution in [2.75, 3.05) is 12.3 Å². The third-order valence-corrected chi connectivity index (χ3v) is 5.57. The molecule has 1 amide bonds. The second-order valence-electron chi connectivity index (χ2n) is 6.12. The first-order valence-corrected chi connectivity index (χ1v) is 10.3. The van der Waals surface area contributed by atoms with Crippen LogP contribution in [0, 0.1) is 13.8 Å². The van der Waals surface area contributed by atoms with Gasteiger partial charge in [-0.2, -0.15) is 11.8 Å². The first-order chi connectivity index (χ1) is 12.4. The number of aryl methyl sites for hydroxylation is 2. The minimum atomic E-state index is -0.531. The summed E-state index contributed by atoms with van der Waals surface area (Å²) in [6.45, 7) is 6.36. The molecule has 0 heterocycles. The van der Waals surface area contributed by atoms with Crippen LogP contribution in [-0.4, -0.2) is 24.3 Å². The maximum atomic E-state index is 12.2. The summed E-state index contributed by atoms with van der Waals surface area (Å²) in [5.74, 6) is 2.26. The van der Waals surface area contributed by atoms with Gasteiger partial charge in [0.05, 0.1) is 10.0 Å². The van der Waals surface area contributed by atoms with E-state index in [1.54, 1.807) is 24.8 Å². The van der Waals surface area contributed by atoms with Crippen molar-refractivity contribution in [3.8, 4) is 5.75 Å². The van der Waals surface area contributed by atoms with Crippen molar-refractivity contribution in [3.63, 3.8) is 0 Å². The number of hydrogen-bond acceptors (Lipinski definition) is 3. The largest absolute Gasteiger partial charge is 0.481 e. The van der Waals surface area contributed by atoms with E-state index in [9.17, 15) is 4.79 Å². The minimum absolute atomic E-state index is 0.111. The number of carbonyl (C=O) groups excluding carboxylic acids is 1. The molecule has 2 aromatic carbocycles. The third kappa shape index (κ3) is 6.42. The predicted octanol–water partition coefficient (Wildman–Crippen LogP) is 5.43.